The molecule has 2 aromatic rings. The number of nitrogens with zero attached hydrogens (tertiary/aromatic N) is 1. The summed E-state index contributed by atoms with van der Waals surface area (Å²) in [7, 11) is 4.56. The molecule has 0 radical (unpaired) electrons. The van der Waals surface area contributed by atoms with E-state index in [0.717, 1.165) is 0 Å². The van der Waals surface area contributed by atoms with Crippen LogP contribution in [0.1, 0.15) is 75.6 Å². The van der Waals surface area contributed by atoms with E-state index in [0.29, 0.717) is 49.4 Å². The second-order valence-corrected chi connectivity index (χ2v) is 11.1. The number of methoxy groups -OCH3 is 3. The van der Waals surface area contributed by atoms with Crippen LogP contribution in [0.4, 0.5) is 0 Å². The van der Waals surface area contributed by atoms with Crippen molar-refractivity contribution in [2.75, 3.05) is 21.3 Å². The van der Waals surface area contributed by atoms with Gasteiger partial charge in [0.15, 0.2) is 5.78 Å². The highest BCUT2D eigenvalue weighted by molar-refractivity contribution is 6.42. The Labute approximate surface area is 276 Å². The van der Waals surface area contributed by atoms with Crippen molar-refractivity contribution in [2.45, 2.75) is 72.9 Å². The van der Waals surface area contributed by atoms with E-state index in [1.807, 2.05) is 40.7 Å². The van der Waals surface area contributed by atoms with Crippen molar-refractivity contribution >= 4 is 58.0 Å². The highest BCUT2D eigenvalue weighted by Gasteiger charge is 2.20. The van der Waals surface area contributed by atoms with Gasteiger partial charge in [-0.15, -0.1) is 0 Å². The number of benzene rings is 2. The van der Waals surface area contributed by atoms with Gasteiger partial charge in [-0.05, 0) is 63.2 Å². The Morgan fingerprint density at radius 3 is 1.58 bits per heavy atom. The first kappa shape index (κ1) is 42.9. The zero-order chi connectivity index (χ0) is 33.9. The summed E-state index contributed by atoms with van der Waals surface area (Å²) in [6, 6.07) is 11.9. The van der Waals surface area contributed by atoms with Gasteiger partial charge in [-0.2, -0.15) is 5.26 Å². The minimum atomic E-state index is -0.875. The number of carbonyl (C=O) groups excluding carboxylic acids is 2. The molecule has 2 rings (SSSR count). The maximum absolute atomic E-state index is 12.2. The second kappa shape index (κ2) is 22.3. The monoisotopic (exact) mass is 677 g/mol. The molecule has 0 bridgehead atoms. The topological polar surface area (TPSA) is 124 Å². The predicted molar refractivity (Wildman–Crippen MR) is 177 cm³/mol. The van der Waals surface area contributed by atoms with Crippen LogP contribution in [0.15, 0.2) is 47.7 Å². The van der Waals surface area contributed by atoms with Crippen LogP contribution in [-0.2, 0) is 14.2 Å². The molecule has 0 aliphatic heterocycles. The molecular weight excluding hydrogens is 636 g/mol. The molecule has 0 saturated heterocycles. The average Bonchev–Trinajstić information content (AvgIpc) is 2.95. The summed E-state index contributed by atoms with van der Waals surface area (Å²) in [4.78, 5) is 23.4. The lowest BCUT2D eigenvalue weighted by molar-refractivity contribution is -0.340. The second-order valence-electron chi connectivity index (χ2n) is 9.49. The predicted octanol–water partition coefficient (Wildman–Crippen LogP) is 8.51. The van der Waals surface area contributed by atoms with Gasteiger partial charge in [-0.1, -0.05) is 67.2 Å². The van der Waals surface area contributed by atoms with Crippen molar-refractivity contribution in [3.05, 3.63) is 78.9 Å². The van der Waals surface area contributed by atoms with Crippen LogP contribution in [0.5, 0.6) is 0 Å². The molecule has 12 heteroatoms. The van der Waals surface area contributed by atoms with E-state index in [9.17, 15) is 9.59 Å². The Morgan fingerprint density at radius 1 is 0.884 bits per heavy atom. The van der Waals surface area contributed by atoms with E-state index in [1.165, 1.54) is 33.5 Å². The number of Topliss-reactive ketones (excluding diaryl/α,β-unsaturated/α-hetero) is 2. The Morgan fingerprint density at radius 2 is 1.28 bits per heavy atom. The van der Waals surface area contributed by atoms with Crippen LogP contribution in [-0.4, -0.2) is 51.0 Å². The van der Waals surface area contributed by atoms with Crippen molar-refractivity contribution in [2.24, 2.45) is 5.73 Å². The van der Waals surface area contributed by atoms with Crippen molar-refractivity contribution in [3.8, 4) is 6.07 Å². The fraction of sp³-hybridized carbons (Fsp3) is 0.452. The summed E-state index contributed by atoms with van der Waals surface area (Å²) in [6.07, 6.45) is 0.484. The number of nitrogens with one attached hydrogen (secondary N) is 1. The molecule has 240 valence electrons. The molecular formula is C31H43Cl4N3O5. The molecule has 8 nitrogen and oxygen atoms in total. The highest BCUT2D eigenvalue weighted by atomic mass is 35.5. The standard InChI is InChI=1S/C14H14Cl2N2O.C9H8Cl2O.C5H12O3.C3H9N/c1-8(2)18-9(3)11(7-17)14(19)10-4-5-12(15)13(16)6-10;1-2-9(12)6-3-4-7(10)8(11)5-6;1-5(6-2,7-3)8-4;1-3(2)4/h4-6,8,18H,1-3H3;3-5H,2H2,1H3;1-4H3;3H,4H2,1-2H3/b11-9-;;;. The fourth-order valence-corrected chi connectivity index (χ4v) is 3.31. The Hall–Kier alpha value is -2.19. The molecule has 0 unspecified atom stereocenters. The summed E-state index contributed by atoms with van der Waals surface area (Å²) < 4.78 is 14.4. The van der Waals surface area contributed by atoms with Crippen LogP contribution in [0, 0.1) is 11.3 Å². The summed E-state index contributed by atoms with van der Waals surface area (Å²) in [5, 5.41) is 13.8. The van der Waals surface area contributed by atoms with Crippen molar-refractivity contribution in [1.29, 1.82) is 5.26 Å². The van der Waals surface area contributed by atoms with Gasteiger partial charge >= 0.3 is 0 Å². The molecule has 0 fully saturated rings. The van der Waals surface area contributed by atoms with Gasteiger partial charge in [0, 0.05) is 57.5 Å². The molecule has 0 saturated carbocycles. The van der Waals surface area contributed by atoms with Gasteiger partial charge in [0.25, 0.3) is 5.97 Å². The van der Waals surface area contributed by atoms with Gasteiger partial charge in [-0.3, -0.25) is 9.59 Å². The molecule has 0 aliphatic rings. The number of ether oxygens (including phenoxy) is 3. The summed E-state index contributed by atoms with van der Waals surface area (Å²) in [5.41, 5.74) is 6.70. The molecule has 43 heavy (non-hydrogen) atoms. The summed E-state index contributed by atoms with van der Waals surface area (Å²) in [6.45, 7) is 13.0. The Balaban J connectivity index is 0. The van der Waals surface area contributed by atoms with E-state index < -0.39 is 5.97 Å². The normalized spacial score (nSPS) is 11.1. The smallest absolute Gasteiger partial charge is 0.279 e. The van der Waals surface area contributed by atoms with E-state index >= 15 is 0 Å². The molecule has 0 spiro atoms. The zero-order valence-electron chi connectivity index (χ0n) is 26.4. The van der Waals surface area contributed by atoms with Crippen molar-refractivity contribution in [1.82, 2.24) is 5.32 Å². The van der Waals surface area contributed by atoms with Crippen LogP contribution in [0.2, 0.25) is 20.1 Å². The third-order valence-electron chi connectivity index (χ3n) is 5.08. The maximum atomic E-state index is 12.2. The van der Waals surface area contributed by atoms with Gasteiger partial charge in [-0.25, -0.2) is 0 Å². The lowest BCUT2D eigenvalue weighted by Crippen LogP contribution is -2.31. The Bertz CT molecular complexity index is 1230. The number of rotatable bonds is 9. The van der Waals surface area contributed by atoms with Gasteiger partial charge in [0.2, 0.25) is 5.78 Å². The number of hydrogen-bond donors (Lipinski definition) is 2. The number of hydrogen-bond acceptors (Lipinski definition) is 8. The summed E-state index contributed by atoms with van der Waals surface area (Å²) in [5.74, 6) is -1.17. The number of allylic oxidation sites excluding steroid dienone is 2. The van der Waals surface area contributed by atoms with Gasteiger partial charge < -0.3 is 25.3 Å². The third kappa shape index (κ3) is 17.6. The van der Waals surface area contributed by atoms with E-state index in [-0.39, 0.29) is 23.2 Å². The van der Waals surface area contributed by atoms with Crippen LogP contribution in [0.3, 0.4) is 0 Å². The minimum absolute atomic E-state index is 0.0760. The number of halogens is 4. The molecule has 0 aliphatic carbocycles. The maximum Gasteiger partial charge on any atom is 0.279 e. The number of nitrogens with two attached hydrogens (primary N) is 1. The van der Waals surface area contributed by atoms with E-state index in [1.54, 1.807) is 38.1 Å². The molecule has 2 aromatic carbocycles. The zero-order valence-corrected chi connectivity index (χ0v) is 29.4. The van der Waals surface area contributed by atoms with E-state index in [4.69, 9.17) is 71.6 Å². The third-order valence-corrected chi connectivity index (χ3v) is 6.55. The van der Waals surface area contributed by atoms with Crippen molar-refractivity contribution in [3.63, 3.8) is 0 Å². The van der Waals surface area contributed by atoms with E-state index in [2.05, 4.69) is 5.32 Å². The number of nitriles is 1. The number of ketones is 2. The first-order valence-corrected chi connectivity index (χ1v) is 14.7. The first-order valence-electron chi connectivity index (χ1n) is 13.2. The first-order chi connectivity index (χ1) is 19.9. The lowest BCUT2D eigenvalue weighted by Gasteiger charge is -2.23. The van der Waals surface area contributed by atoms with Gasteiger partial charge in [0.05, 0.1) is 20.1 Å². The lowest BCUT2D eigenvalue weighted by atomic mass is 10.0. The minimum Gasteiger partial charge on any atom is -0.385 e. The highest BCUT2D eigenvalue weighted by Crippen LogP contribution is 2.24. The summed E-state index contributed by atoms with van der Waals surface area (Å²) >= 11 is 23.1. The molecule has 0 atom stereocenters. The fourth-order valence-electron chi connectivity index (χ4n) is 2.72. The SMILES string of the molecule is C/C(NC(C)C)=C(\C#N)C(=O)c1ccc(Cl)c(Cl)c1.CC(C)N.CCC(=O)c1ccc(Cl)c(Cl)c1.COC(C)(OC)OC. The number of carbonyl (C=O) groups is 2. The van der Waals surface area contributed by atoms with Crippen LogP contribution >= 0.6 is 46.4 Å². The molecule has 0 amide bonds. The van der Waals surface area contributed by atoms with Crippen LogP contribution in [0.25, 0.3) is 0 Å². The quantitative estimate of drug-likeness (QED) is 0.117. The van der Waals surface area contributed by atoms with Crippen molar-refractivity contribution < 1.29 is 23.8 Å². The van der Waals surface area contributed by atoms with Gasteiger partial charge in [0.1, 0.15) is 11.6 Å². The molecule has 0 heterocycles. The average molecular weight is 680 g/mol. The largest absolute Gasteiger partial charge is 0.385 e. The van der Waals surface area contributed by atoms with Crippen LogP contribution < -0.4 is 11.1 Å². The molecule has 0 aromatic heterocycles. The Kier molecular flexibility index (Phi) is 22.3. The molecule has 3 N–H and O–H groups in total.